The molecule has 1 aliphatic carbocycles. The average molecular weight is 282 g/mol. The molecule has 0 atom stereocenters. The van der Waals surface area contributed by atoms with E-state index in [1.54, 1.807) is 0 Å². The first kappa shape index (κ1) is 15.3. The van der Waals surface area contributed by atoms with E-state index in [4.69, 9.17) is 5.73 Å². The lowest BCUT2D eigenvalue weighted by molar-refractivity contribution is -0.122. The summed E-state index contributed by atoms with van der Waals surface area (Å²) in [6.07, 6.45) is 6.72. The highest BCUT2D eigenvalue weighted by atomic mass is 16.2. The monoisotopic (exact) mass is 282 g/mol. The van der Waals surface area contributed by atoms with E-state index in [1.165, 1.54) is 25.7 Å². The van der Waals surface area contributed by atoms with Crippen LogP contribution in [0.2, 0.25) is 0 Å². The normalized spacial score (nSPS) is 22.0. The second-order valence-electron chi connectivity index (χ2n) is 5.95. The van der Waals surface area contributed by atoms with Crippen LogP contribution in [0.1, 0.15) is 38.5 Å². The van der Waals surface area contributed by atoms with E-state index >= 15 is 0 Å². The number of nitrogens with two attached hydrogens (primary N) is 1. The smallest absolute Gasteiger partial charge is 0.234 e. The minimum atomic E-state index is -0.284. The molecule has 0 aromatic heterocycles. The van der Waals surface area contributed by atoms with Gasteiger partial charge in [0.2, 0.25) is 11.8 Å². The molecule has 20 heavy (non-hydrogen) atoms. The lowest BCUT2D eigenvalue weighted by Gasteiger charge is -2.31. The first-order chi connectivity index (χ1) is 9.63. The molecule has 0 aromatic carbocycles. The van der Waals surface area contributed by atoms with Gasteiger partial charge in [-0.1, -0.05) is 12.8 Å². The molecule has 0 aromatic rings. The molecule has 1 heterocycles. The van der Waals surface area contributed by atoms with Gasteiger partial charge in [-0.2, -0.15) is 0 Å². The molecule has 6 nitrogen and oxygen atoms in total. The summed E-state index contributed by atoms with van der Waals surface area (Å²) in [5, 5.41) is 6.39. The Labute approximate surface area is 120 Å². The molecule has 4 N–H and O–H groups in total. The minimum absolute atomic E-state index is 0.0882. The summed E-state index contributed by atoms with van der Waals surface area (Å²) in [5.74, 6) is -0.196. The third-order valence-electron chi connectivity index (χ3n) is 4.24. The molecule has 0 bridgehead atoms. The molecule has 6 heteroatoms. The van der Waals surface area contributed by atoms with Gasteiger partial charge in [-0.25, -0.2) is 0 Å². The zero-order valence-electron chi connectivity index (χ0n) is 12.1. The van der Waals surface area contributed by atoms with Crippen LogP contribution in [0.3, 0.4) is 0 Å². The Bertz CT molecular complexity index is 334. The second kappa shape index (κ2) is 7.59. The van der Waals surface area contributed by atoms with Crippen molar-refractivity contribution in [1.29, 1.82) is 0 Å². The number of amides is 2. The van der Waals surface area contributed by atoms with Gasteiger partial charge in [0.25, 0.3) is 0 Å². The topological polar surface area (TPSA) is 87.5 Å². The fourth-order valence-electron chi connectivity index (χ4n) is 3.10. The van der Waals surface area contributed by atoms with Gasteiger partial charge in [-0.05, 0) is 25.7 Å². The van der Waals surface area contributed by atoms with E-state index in [0.717, 1.165) is 25.9 Å². The number of carbonyl (C=O) groups is 2. The first-order valence-corrected chi connectivity index (χ1v) is 7.67. The standard InChI is InChI=1S/C14H26N4O2/c15-13(19)10-18-7-5-12(6-8-18)17-14(20)9-16-11-3-1-2-4-11/h11-12,16H,1-10H2,(H2,15,19)(H,17,20). The Balaban J connectivity index is 1.59. The largest absolute Gasteiger partial charge is 0.369 e. The van der Waals surface area contributed by atoms with Gasteiger partial charge in [0.1, 0.15) is 0 Å². The molecule has 114 valence electrons. The SMILES string of the molecule is NC(=O)CN1CCC(NC(=O)CNC2CCCC2)CC1. The lowest BCUT2D eigenvalue weighted by atomic mass is 10.1. The molecular weight excluding hydrogens is 256 g/mol. The Morgan fingerprint density at radius 1 is 1.05 bits per heavy atom. The molecule has 1 saturated heterocycles. The number of rotatable bonds is 6. The van der Waals surface area contributed by atoms with E-state index in [-0.39, 0.29) is 17.9 Å². The van der Waals surface area contributed by atoms with Crippen molar-refractivity contribution in [2.45, 2.75) is 50.6 Å². The maximum absolute atomic E-state index is 11.9. The number of piperidine rings is 1. The van der Waals surface area contributed by atoms with Gasteiger partial charge in [0.15, 0.2) is 0 Å². The predicted octanol–water partition coefficient (Wildman–Crippen LogP) is -0.415. The van der Waals surface area contributed by atoms with Crippen molar-refractivity contribution in [2.24, 2.45) is 5.73 Å². The van der Waals surface area contributed by atoms with Crippen LogP contribution in [0, 0.1) is 0 Å². The quantitative estimate of drug-likeness (QED) is 0.618. The van der Waals surface area contributed by atoms with Gasteiger partial charge < -0.3 is 16.4 Å². The van der Waals surface area contributed by atoms with Crippen LogP contribution in [-0.4, -0.2) is 55.0 Å². The summed E-state index contributed by atoms with van der Waals surface area (Å²) in [7, 11) is 0. The lowest BCUT2D eigenvalue weighted by Crippen LogP contribution is -2.48. The van der Waals surface area contributed by atoms with Crippen LogP contribution in [0.4, 0.5) is 0 Å². The first-order valence-electron chi connectivity index (χ1n) is 7.67. The molecule has 0 spiro atoms. The second-order valence-corrected chi connectivity index (χ2v) is 5.95. The summed E-state index contributed by atoms with van der Waals surface area (Å²) in [5.41, 5.74) is 5.18. The van der Waals surface area contributed by atoms with Crippen LogP contribution >= 0.6 is 0 Å². The number of likely N-dealkylation sites (tertiary alicyclic amines) is 1. The third-order valence-corrected chi connectivity index (χ3v) is 4.24. The number of hydrogen-bond acceptors (Lipinski definition) is 4. The van der Waals surface area contributed by atoms with Crippen molar-refractivity contribution in [1.82, 2.24) is 15.5 Å². The third kappa shape index (κ3) is 5.09. The van der Waals surface area contributed by atoms with Gasteiger partial charge in [-0.3, -0.25) is 14.5 Å². The molecule has 2 fully saturated rings. The maximum atomic E-state index is 11.9. The zero-order chi connectivity index (χ0) is 14.4. The van der Waals surface area contributed by atoms with E-state index in [9.17, 15) is 9.59 Å². The van der Waals surface area contributed by atoms with Crippen LogP contribution in [0.15, 0.2) is 0 Å². The van der Waals surface area contributed by atoms with Crippen LogP contribution in [0.5, 0.6) is 0 Å². The highest BCUT2D eigenvalue weighted by molar-refractivity contribution is 5.78. The van der Waals surface area contributed by atoms with Crippen LogP contribution < -0.4 is 16.4 Å². The number of nitrogens with one attached hydrogen (secondary N) is 2. The zero-order valence-corrected chi connectivity index (χ0v) is 12.1. The molecule has 2 rings (SSSR count). The summed E-state index contributed by atoms with van der Waals surface area (Å²) >= 11 is 0. The number of hydrogen-bond donors (Lipinski definition) is 3. The van der Waals surface area contributed by atoms with Crippen LogP contribution in [-0.2, 0) is 9.59 Å². The van der Waals surface area contributed by atoms with E-state index < -0.39 is 0 Å². The molecule has 1 aliphatic heterocycles. The maximum Gasteiger partial charge on any atom is 0.234 e. The van der Waals surface area contributed by atoms with Crippen LogP contribution in [0.25, 0.3) is 0 Å². The van der Waals surface area contributed by atoms with Crippen molar-refractivity contribution in [3.05, 3.63) is 0 Å². The fraction of sp³-hybridized carbons (Fsp3) is 0.857. The highest BCUT2D eigenvalue weighted by Gasteiger charge is 2.22. The van der Waals surface area contributed by atoms with E-state index in [0.29, 0.717) is 19.1 Å². The summed E-state index contributed by atoms with van der Waals surface area (Å²) in [6, 6.07) is 0.759. The number of primary amides is 1. The van der Waals surface area contributed by atoms with Crippen molar-refractivity contribution in [2.75, 3.05) is 26.2 Å². The van der Waals surface area contributed by atoms with Crippen molar-refractivity contribution >= 4 is 11.8 Å². The van der Waals surface area contributed by atoms with Gasteiger partial charge >= 0.3 is 0 Å². The van der Waals surface area contributed by atoms with Gasteiger partial charge in [0.05, 0.1) is 13.1 Å². The molecule has 0 radical (unpaired) electrons. The Kier molecular flexibility index (Phi) is 5.79. The van der Waals surface area contributed by atoms with Crippen molar-refractivity contribution in [3.8, 4) is 0 Å². The highest BCUT2D eigenvalue weighted by Crippen LogP contribution is 2.17. The van der Waals surface area contributed by atoms with E-state index in [2.05, 4.69) is 10.6 Å². The van der Waals surface area contributed by atoms with Crippen molar-refractivity contribution < 1.29 is 9.59 Å². The molecule has 2 amide bonds. The number of nitrogens with zero attached hydrogens (tertiary/aromatic N) is 1. The van der Waals surface area contributed by atoms with E-state index in [1.807, 2.05) is 4.90 Å². The summed E-state index contributed by atoms with van der Waals surface area (Å²) < 4.78 is 0. The molecular formula is C14H26N4O2. The summed E-state index contributed by atoms with van der Waals surface area (Å²) in [4.78, 5) is 24.7. The Hall–Kier alpha value is -1.14. The Morgan fingerprint density at radius 3 is 2.30 bits per heavy atom. The van der Waals surface area contributed by atoms with Gasteiger partial charge in [0, 0.05) is 25.2 Å². The predicted molar refractivity (Wildman–Crippen MR) is 77.1 cm³/mol. The van der Waals surface area contributed by atoms with Crippen molar-refractivity contribution in [3.63, 3.8) is 0 Å². The molecule has 1 saturated carbocycles. The summed E-state index contributed by atoms with van der Waals surface area (Å²) in [6.45, 7) is 2.39. The average Bonchev–Trinajstić information content (AvgIpc) is 2.91. The molecule has 2 aliphatic rings. The Morgan fingerprint density at radius 2 is 1.70 bits per heavy atom. The molecule has 0 unspecified atom stereocenters. The number of carbonyl (C=O) groups excluding carboxylic acids is 2. The van der Waals surface area contributed by atoms with Gasteiger partial charge in [-0.15, -0.1) is 0 Å². The minimum Gasteiger partial charge on any atom is -0.369 e. The fourth-order valence-corrected chi connectivity index (χ4v) is 3.10.